The van der Waals surface area contributed by atoms with Gasteiger partial charge in [0.1, 0.15) is 0 Å². The van der Waals surface area contributed by atoms with Crippen molar-refractivity contribution in [2.75, 3.05) is 6.67 Å². The van der Waals surface area contributed by atoms with Crippen LogP contribution in [0.25, 0.3) is 0 Å². The number of nitriles is 1. The molecule has 0 aliphatic rings. The third-order valence-corrected chi connectivity index (χ3v) is 0.454. The van der Waals surface area contributed by atoms with Gasteiger partial charge in [-0.15, -0.1) is 4.99 Å². The maximum Gasteiger partial charge on any atom is 0.209 e. The molecule has 8 heavy (non-hydrogen) atoms. The molecule has 0 heterocycles. The second-order valence-electron chi connectivity index (χ2n) is 0.978. The van der Waals surface area contributed by atoms with Crippen LogP contribution in [0.15, 0.2) is 4.99 Å². The fraction of sp³-hybridized carbons (Fsp3) is 0.333. The van der Waals surface area contributed by atoms with Crippen LogP contribution < -0.4 is 16.8 Å². The smallest absolute Gasteiger partial charge is 0.209 e. The summed E-state index contributed by atoms with van der Waals surface area (Å²) in [4.78, 5) is 3.12. The van der Waals surface area contributed by atoms with E-state index in [1.807, 2.05) is 0 Å². The minimum atomic E-state index is 0.0509. The van der Waals surface area contributed by atoms with Gasteiger partial charge in [0.25, 0.3) is 0 Å². The summed E-state index contributed by atoms with van der Waals surface area (Å²) >= 11 is 0. The highest BCUT2D eigenvalue weighted by Crippen LogP contribution is 1.56. The van der Waals surface area contributed by atoms with Crippen LogP contribution in [-0.4, -0.2) is 12.6 Å². The van der Waals surface area contributed by atoms with Gasteiger partial charge in [0, 0.05) is 0 Å². The van der Waals surface area contributed by atoms with E-state index in [0.29, 0.717) is 0 Å². The van der Waals surface area contributed by atoms with Gasteiger partial charge in [-0.2, -0.15) is 5.26 Å². The number of hydrogen-bond donors (Lipinski definition) is 3. The van der Waals surface area contributed by atoms with Crippen LogP contribution in [0.2, 0.25) is 0 Å². The molecule has 0 aromatic heterocycles. The molecule has 0 aliphatic heterocycles. The van der Waals surface area contributed by atoms with E-state index in [-0.39, 0.29) is 12.6 Å². The van der Waals surface area contributed by atoms with Crippen LogP contribution in [0, 0.1) is 11.5 Å². The zero-order chi connectivity index (χ0) is 6.41. The van der Waals surface area contributed by atoms with Crippen molar-refractivity contribution in [2.24, 2.45) is 16.5 Å². The monoisotopic (exact) mass is 113 g/mol. The summed E-state index contributed by atoms with van der Waals surface area (Å²) < 4.78 is 0. The Kier molecular flexibility index (Phi) is 3.27. The fourth-order valence-electron chi connectivity index (χ4n) is 0.198. The summed E-state index contributed by atoms with van der Waals surface area (Å²) in [6, 6.07) is 0. The van der Waals surface area contributed by atoms with Crippen molar-refractivity contribution < 1.29 is 0 Å². The molecule has 5 nitrogen and oxygen atoms in total. The number of nitrogens with zero attached hydrogens (tertiary/aromatic N) is 2. The molecular formula is C3H7N5. The lowest BCUT2D eigenvalue weighted by Gasteiger charge is -1.94. The zero-order valence-corrected chi connectivity index (χ0v) is 4.26. The molecule has 5 heteroatoms. The van der Waals surface area contributed by atoms with Gasteiger partial charge in [0.2, 0.25) is 12.2 Å². The molecule has 0 aromatic rings. The van der Waals surface area contributed by atoms with E-state index < -0.39 is 0 Å². The maximum absolute atomic E-state index is 7.86. The van der Waals surface area contributed by atoms with Crippen molar-refractivity contribution in [1.29, 1.82) is 5.26 Å². The van der Waals surface area contributed by atoms with Crippen molar-refractivity contribution in [2.45, 2.75) is 0 Å². The van der Waals surface area contributed by atoms with Crippen molar-refractivity contribution in [3.05, 3.63) is 0 Å². The molecule has 0 saturated carbocycles. The van der Waals surface area contributed by atoms with E-state index >= 15 is 0 Å². The van der Waals surface area contributed by atoms with E-state index in [1.54, 1.807) is 0 Å². The van der Waals surface area contributed by atoms with E-state index in [2.05, 4.69) is 10.3 Å². The summed E-state index contributed by atoms with van der Waals surface area (Å²) in [6.45, 7) is 0.191. The lowest BCUT2D eigenvalue weighted by molar-refractivity contribution is 0.916. The average molecular weight is 113 g/mol. The first-order chi connectivity index (χ1) is 3.81. The Labute approximate surface area is 47.0 Å². The van der Waals surface area contributed by atoms with Crippen molar-refractivity contribution in [3.8, 4) is 6.19 Å². The second-order valence-corrected chi connectivity index (χ2v) is 0.978. The molecule has 44 valence electrons. The van der Waals surface area contributed by atoms with Crippen molar-refractivity contribution >= 4 is 5.96 Å². The highest BCUT2D eigenvalue weighted by atomic mass is 15.1. The standard InChI is InChI=1S/C3H7N5/c4-1-7-3(6)8-2-5/h1,4H2,(H3,6,7,8). The Balaban J connectivity index is 3.49. The quantitative estimate of drug-likeness (QED) is 0.163. The first-order valence-electron chi connectivity index (χ1n) is 1.97. The minimum Gasteiger partial charge on any atom is -0.369 e. The third-order valence-electron chi connectivity index (χ3n) is 0.454. The van der Waals surface area contributed by atoms with Gasteiger partial charge in [0.15, 0.2) is 0 Å². The van der Waals surface area contributed by atoms with Crippen LogP contribution in [0.3, 0.4) is 0 Å². The van der Waals surface area contributed by atoms with E-state index in [4.69, 9.17) is 16.7 Å². The van der Waals surface area contributed by atoms with Gasteiger partial charge in [-0.1, -0.05) is 0 Å². The highest BCUT2D eigenvalue weighted by Gasteiger charge is 1.81. The fourth-order valence-corrected chi connectivity index (χ4v) is 0.198. The molecule has 0 rings (SSSR count). The molecule has 0 spiro atoms. The Morgan fingerprint density at radius 3 is 2.88 bits per heavy atom. The normalized spacial score (nSPS) is 10.2. The third kappa shape index (κ3) is 2.93. The summed E-state index contributed by atoms with van der Waals surface area (Å²) in [5.41, 5.74) is 10.0. The number of nitrogens with one attached hydrogen (secondary N) is 1. The van der Waals surface area contributed by atoms with Crippen LogP contribution in [0.4, 0.5) is 0 Å². The molecular weight excluding hydrogens is 106 g/mol. The molecule has 0 saturated heterocycles. The van der Waals surface area contributed by atoms with Crippen molar-refractivity contribution in [1.82, 2.24) is 5.32 Å². The molecule has 0 bridgehead atoms. The first kappa shape index (κ1) is 6.72. The summed E-state index contributed by atoms with van der Waals surface area (Å²) in [7, 11) is 0. The maximum atomic E-state index is 7.86. The van der Waals surface area contributed by atoms with Gasteiger partial charge >= 0.3 is 0 Å². The molecule has 0 atom stereocenters. The molecule has 0 radical (unpaired) electrons. The summed E-state index contributed by atoms with van der Waals surface area (Å²) in [5.74, 6) is 0.0509. The number of nitrogens with two attached hydrogens (primary N) is 2. The highest BCUT2D eigenvalue weighted by molar-refractivity contribution is 5.78. The lowest BCUT2D eigenvalue weighted by atomic mass is 10.9. The Morgan fingerprint density at radius 2 is 2.50 bits per heavy atom. The van der Waals surface area contributed by atoms with Gasteiger partial charge in [-0.25, -0.2) is 0 Å². The lowest BCUT2D eigenvalue weighted by Crippen LogP contribution is -2.35. The van der Waals surface area contributed by atoms with Crippen LogP contribution in [0.5, 0.6) is 0 Å². The number of rotatable bonds is 1. The van der Waals surface area contributed by atoms with E-state index in [9.17, 15) is 0 Å². The van der Waals surface area contributed by atoms with E-state index in [1.165, 1.54) is 6.19 Å². The van der Waals surface area contributed by atoms with Crippen LogP contribution >= 0.6 is 0 Å². The molecule has 0 aliphatic carbocycles. The first-order valence-corrected chi connectivity index (χ1v) is 1.97. The van der Waals surface area contributed by atoms with Crippen LogP contribution in [0.1, 0.15) is 0 Å². The largest absolute Gasteiger partial charge is 0.369 e. The number of aliphatic imine (C=N–C) groups is 1. The molecule has 0 aromatic carbocycles. The molecule has 0 fully saturated rings. The Bertz CT molecular complexity index is 120. The van der Waals surface area contributed by atoms with Gasteiger partial charge in [-0.05, 0) is 0 Å². The van der Waals surface area contributed by atoms with Gasteiger partial charge in [0.05, 0.1) is 6.67 Å². The summed E-state index contributed by atoms with van der Waals surface area (Å²) in [6.07, 6.45) is 1.50. The molecule has 5 N–H and O–H groups in total. The average Bonchev–Trinajstić information content (AvgIpc) is 1.68. The topological polar surface area (TPSA) is 100 Å². The minimum absolute atomic E-state index is 0.0509. The summed E-state index contributed by atoms with van der Waals surface area (Å²) in [5, 5.41) is 10.3. The zero-order valence-electron chi connectivity index (χ0n) is 4.26. The second kappa shape index (κ2) is 3.89. The SMILES string of the molecule is N#CN=C(N)NCN. The number of guanidine groups is 1. The molecule has 0 amide bonds. The van der Waals surface area contributed by atoms with Gasteiger partial charge < -0.3 is 16.8 Å². The van der Waals surface area contributed by atoms with E-state index in [0.717, 1.165) is 0 Å². The molecule has 0 unspecified atom stereocenters. The Morgan fingerprint density at radius 1 is 1.88 bits per heavy atom. The predicted molar refractivity (Wildman–Crippen MR) is 29.4 cm³/mol. The van der Waals surface area contributed by atoms with Crippen molar-refractivity contribution in [3.63, 3.8) is 0 Å². The number of hydrogen-bond acceptors (Lipinski definition) is 3. The van der Waals surface area contributed by atoms with Crippen LogP contribution in [-0.2, 0) is 0 Å². The Hall–Kier alpha value is -1.28. The predicted octanol–water partition coefficient (Wildman–Crippen LogP) is -1.71. The van der Waals surface area contributed by atoms with Gasteiger partial charge in [-0.3, -0.25) is 0 Å².